The third-order valence-electron chi connectivity index (χ3n) is 5.47. The molecule has 3 N–H and O–H groups in total. The van der Waals surface area contributed by atoms with E-state index in [0.29, 0.717) is 19.0 Å². The Morgan fingerprint density at radius 2 is 1.69 bits per heavy atom. The predicted octanol–water partition coefficient (Wildman–Crippen LogP) is 1.90. The molecule has 3 rings (SSSR count). The predicted molar refractivity (Wildman–Crippen MR) is 112 cm³/mol. The van der Waals surface area contributed by atoms with E-state index in [1.807, 2.05) is 0 Å². The molecule has 172 valence electrons. The Bertz CT molecular complexity index is 915. The molecule has 0 spiro atoms. The summed E-state index contributed by atoms with van der Waals surface area (Å²) >= 11 is 0. The summed E-state index contributed by atoms with van der Waals surface area (Å²) in [6.07, 6.45) is 4.84. The zero-order chi connectivity index (χ0) is 23.1. The van der Waals surface area contributed by atoms with Gasteiger partial charge < -0.3 is 15.2 Å². The van der Waals surface area contributed by atoms with E-state index in [0.717, 1.165) is 43.4 Å². The van der Waals surface area contributed by atoms with Crippen LogP contribution in [0.15, 0.2) is 18.2 Å². The molecular formula is C22H27N3O7. The number of primary amides is 1. The highest BCUT2D eigenvalue weighted by Gasteiger charge is 2.45. The number of nitrogens with two attached hydrogens (primary N) is 1. The first kappa shape index (κ1) is 23.2. The van der Waals surface area contributed by atoms with Gasteiger partial charge in [-0.2, -0.15) is 0 Å². The van der Waals surface area contributed by atoms with Crippen LogP contribution in [-0.4, -0.2) is 53.9 Å². The second-order valence-electron chi connectivity index (χ2n) is 7.76. The SMILES string of the molecule is NC(=O)OCCCCCCCCOc1cccc2c1C(=O)N(C1CCC(=O)NC1=O)C2=O. The molecule has 1 atom stereocenters. The van der Waals surface area contributed by atoms with Gasteiger partial charge in [0.15, 0.2) is 0 Å². The summed E-state index contributed by atoms with van der Waals surface area (Å²) in [5, 5.41) is 2.18. The van der Waals surface area contributed by atoms with Gasteiger partial charge in [-0.05, 0) is 31.4 Å². The second-order valence-corrected chi connectivity index (χ2v) is 7.76. The van der Waals surface area contributed by atoms with Crippen LogP contribution in [0.4, 0.5) is 4.79 Å². The molecule has 1 aromatic rings. The quantitative estimate of drug-likeness (QED) is 0.391. The van der Waals surface area contributed by atoms with Gasteiger partial charge in [-0.15, -0.1) is 0 Å². The number of hydrogen-bond acceptors (Lipinski definition) is 7. The van der Waals surface area contributed by atoms with Crippen LogP contribution in [-0.2, 0) is 14.3 Å². The molecule has 0 aromatic heterocycles. The second kappa shape index (κ2) is 10.7. The monoisotopic (exact) mass is 445 g/mol. The fraction of sp³-hybridized carbons (Fsp3) is 0.500. The zero-order valence-electron chi connectivity index (χ0n) is 17.8. The van der Waals surface area contributed by atoms with E-state index < -0.39 is 35.8 Å². The van der Waals surface area contributed by atoms with Gasteiger partial charge in [0, 0.05) is 6.42 Å². The van der Waals surface area contributed by atoms with Crippen LogP contribution in [0.5, 0.6) is 5.75 Å². The molecule has 0 saturated carbocycles. The number of carbonyl (C=O) groups is 5. The van der Waals surface area contributed by atoms with Gasteiger partial charge in [0.2, 0.25) is 11.8 Å². The van der Waals surface area contributed by atoms with Gasteiger partial charge in [0.05, 0.1) is 24.3 Å². The minimum absolute atomic E-state index is 0.0747. The summed E-state index contributed by atoms with van der Waals surface area (Å²) < 4.78 is 10.5. The summed E-state index contributed by atoms with van der Waals surface area (Å²) in [5.74, 6) is -1.86. The number of ether oxygens (including phenoxy) is 2. The number of hydrogen-bond donors (Lipinski definition) is 2. The Labute approximate surface area is 185 Å². The van der Waals surface area contributed by atoms with Gasteiger partial charge in [-0.25, -0.2) is 4.79 Å². The highest BCUT2D eigenvalue weighted by Crippen LogP contribution is 2.33. The molecule has 2 aliphatic rings. The lowest BCUT2D eigenvalue weighted by molar-refractivity contribution is -0.136. The van der Waals surface area contributed by atoms with Crippen LogP contribution in [0, 0.1) is 0 Å². The third-order valence-corrected chi connectivity index (χ3v) is 5.47. The number of piperidine rings is 1. The lowest BCUT2D eigenvalue weighted by Crippen LogP contribution is -2.54. The Balaban J connectivity index is 1.48. The minimum atomic E-state index is -0.999. The summed E-state index contributed by atoms with van der Waals surface area (Å²) in [6.45, 7) is 0.723. The number of nitrogens with zero attached hydrogens (tertiary/aromatic N) is 1. The number of unbranched alkanes of at least 4 members (excludes halogenated alkanes) is 5. The molecule has 5 amide bonds. The highest BCUT2D eigenvalue weighted by molar-refractivity contribution is 6.24. The summed E-state index contributed by atoms with van der Waals surface area (Å²) in [7, 11) is 0. The fourth-order valence-electron chi connectivity index (χ4n) is 3.87. The first-order chi connectivity index (χ1) is 15.4. The van der Waals surface area contributed by atoms with Crippen molar-refractivity contribution in [1.82, 2.24) is 10.2 Å². The van der Waals surface area contributed by atoms with Crippen molar-refractivity contribution in [2.45, 2.75) is 57.4 Å². The number of benzene rings is 1. The topological polar surface area (TPSA) is 145 Å². The largest absolute Gasteiger partial charge is 0.493 e. The van der Waals surface area contributed by atoms with Crippen molar-refractivity contribution >= 4 is 29.7 Å². The van der Waals surface area contributed by atoms with Crippen LogP contribution < -0.4 is 15.8 Å². The maximum Gasteiger partial charge on any atom is 0.404 e. The lowest BCUT2D eigenvalue weighted by atomic mass is 10.0. The van der Waals surface area contributed by atoms with E-state index in [1.165, 1.54) is 6.07 Å². The molecule has 2 aliphatic heterocycles. The highest BCUT2D eigenvalue weighted by atomic mass is 16.5. The van der Waals surface area contributed by atoms with Crippen molar-refractivity contribution in [1.29, 1.82) is 0 Å². The van der Waals surface area contributed by atoms with Gasteiger partial charge in [-0.1, -0.05) is 31.7 Å². The van der Waals surface area contributed by atoms with Gasteiger partial charge in [0.1, 0.15) is 11.8 Å². The molecule has 0 bridgehead atoms. The molecule has 0 radical (unpaired) electrons. The minimum Gasteiger partial charge on any atom is -0.493 e. The number of nitrogens with one attached hydrogen (secondary N) is 1. The molecule has 2 heterocycles. The summed E-state index contributed by atoms with van der Waals surface area (Å²) in [4.78, 5) is 60.7. The standard InChI is InChI=1S/C22H27N3O7/c23-22(30)32-13-6-4-2-1-3-5-12-31-16-9-7-8-14-18(16)21(29)25(20(14)28)15-10-11-17(26)24-19(15)27/h7-9,15H,1-6,10-13H2,(H2,23,30)(H,24,26,27). The van der Waals surface area contributed by atoms with Crippen LogP contribution in [0.1, 0.15) is 72.1 Å². The van der Waals surface area contributed by atoms with Crippen LogP contribution in [0.3, 0.4) is 0 Å². The maximum absolute atomic E-state index is 13.0. The van der Waals surface area contributed by atoms with Crippen LogP contribution in [0.2, 0.25) is 0 Å². The van der Waals surface area contributed by atoms with E-state index in [4.69, 9.17) is 10.5 Å². The van der Waals surface area contributed by atoms with E-state index in [-0.39, 0.29) is 24.0 Å². The smallest absolute Gasteiger partial charge is 0.404 e. The van der Waals surface area contributed by atoms with Crippen molar-refractivity contribution in [3.05, 3.63) is 29.3 Å². The molecule has 10 nitrogen and oxygen atoms in total. The van der Waals surface area contributed by atoms with Gasteiger partial charge in [-0.3, -0.25) is 29.4 Å². The molecule has 32 heavy (non-hydrogen) atoms. The number of carbonyl (C=O) groups excluding carboxylic acids is 5. The molecular weight excluding hydrogens is 418 g/mol. The summed E-state index contributed by atoms with van der Waals surface area (Å²) in [5.41, 5.74) is 5.26. The molecule has 1 unspecified atom stereocenters. The van der Waals surface area contributed by atoms with Crippen LogP contribution in [0.25, 0.3) is 0 Å². The zero-order valence-corrected chi connectivity index (χ0v) is 17.8. The number of rotatable bonds is 11. The average Bonchev–Trinajstić information content (AvgIpc) is 3.00. The Hall–Kier alpha value is -3.43. The fourth-order valence-corrected chi connectivity index (χ4v) is 3.87. The average molecular weight is 445 g/mol. The molecule has 1 saturated heterocycles. The van der Waals surface area contributed by atoms with E-state index in [2.05, 4.69) is 10.1 Å². The Kier molecular flexibility index (Phi) is 7.80. The molecule has 1 fully saturated rings. The van der Waals surface area contributed by atoms with Crippen molar-refractivity contribution in [3.8, 4) is 5.75 Å². The Morgan fingerprint density at radius 1 is 1.00 bits per heavy atom. The third kappa shape index (κ3) is 5.43. The van der Waals surface area contributed by atoms with Crippen LogP contribution >= 0.6 is 0 Å². The van der Waals surface area contributed by atoms with Gasteiger partial charge in [0.25, 0.3) is 11.8 Å². The number of fused-ring (bicyclic) bond motifs is 1. The van der Waals surface area contributed by atoms with Crippen molar-refractivity contribution in [3.63, 3.8) is 0 Å². The van der Waals surface area contributed by atoms with E-state index in [9.17, 15) is 24.0 Å². The molecule has 10 heteroatoms. The van der Waals surface area contributed by atoms with E-state index in [1.54, 1.807) is 12.1 Å². The van der Waals surface area contributed by atoms with Crippen molar-refractivity contribution in [2.75, 3.05) is 13.2 Å². The van der Waals surface area contributed by atoms with E-state index >= 15 is 0 Å². The normalized spacial score (nSPS) is 17.9. The number of amides is 5. The Morgan fingerprint density at radius 3 is 2.38 bits per heavy atom. The number of imide groups is 2. The first-order valence-electron chi connectivity index (χ1n) is 10.8. The molecule has 0 aliphatic carbocycles. The summed E-state index contributed by atoms with van der Waals surface area (Å²) in [6, 6.07) is 3.82. The van der Waals surface area contributed by atoms with Crippen molar-refractivity contribution < 1.29 is 33.4 Å². The first-order valence-corrected chi connectivity index (χ1v) is 10.8. The molecule has 1 aromatic carbocycles. The van der Waals surface area contributed by atoms with Crippen molar-refractivity contribution in [2.24, 2.45) is 5.73 Å². The van der Waals surface area contributed by atoms with Gasteiger partial charge >= 0.3 is 6.09 Å². The maximum atomic E-state index is 13.0. The lowest BCUT2D eigenvalue weighted by Gasteiger charge is -2.27.